The summed E-state index contributed by atoms with van der Waals surface area (Å²) in [6, 6.07) is 15.9. The van der Waals surface area contributed by atoms with E-state index < -0.39 is 5.97 Å². The standard InChI is InChI=1S/C15H11NO3.C2H6/c16-10-12-8-11(9-15(17)18)6-7-14(12)19-13-4-2-1-3-5-13;1-2/h1-8H,9H2,(H,17,18);1-2H3. The molecule has 2 rings (SSSR count). The lowest BCUT2D eigenvalue weighted by atomic mass is 10.1. The molecule has 2 aromatic carbocycles. The van der Waals surface area contributed by atoms with Gasteiger partial charge in [0.1, 0.15) is 17.6 Å². The molecule has 4 nitrogen and oxygen atoms in total. The number of para-hydroxylation sites is 1. The Hall–Kier alpha value is -2.80. The molecule has 0 fully saturated rings. The third-order valence-corrected chi connectivity index (χ3v) is 2.49. The van der Waals surface area contributed by atoms with Gasteiger partial charge in [-0.1, -0.05) is 38.1 Å². The van der Waals surface area contributed by atoms with Crippen molar-refractivity contribution in [3.8, 4) is 17.6 Å². The Morgan fingerprint density at radius 2 is 1.86 bits per heavy atom. The molecule has 0 atom stereocenters. The smallest absolute Gasteiger partial charge is 0.307 e. The number of hydrogen-bond donors (Lipinski definition) is 1. The summed E-state index contributed by atoms with van der Waals surface area (Å²) in [5.74, 6) is 0.119. The van der Waals surface area contributed by atoms with E-state index in [1.807, 2.05) is 38.1 Å². The molecule has 21 heavy (non-hydrogen) atoms. The minimum absolute atomic E-state index is 0.111. The van der Waals surface area contributed by atoms with Crippen molar-refractivity contribution < 1.29 is 14.6 Å². The van der Waals surface area contributed by atoms with Gasteiger partial charge in [-0.05, 0) is 29.8 Å². The van der Waals surface area contributed by atoms with E-state index >= 15 is 0 Å². The average Bonchev–Trinajstić information content (AvgIpc) is 2.51. The minimum Gasteiger partial charge on any atom is -0.481 e. The molecule has 0 amide bonds. The van der Waals surface area contributed by atoms with Crippen LogP contribution in [0, 0.1) is 11.3 Å². The first-order chi connectivity index (χ1) is 10.2. The van der Waals surface area contributed by atoms with E-state index in [0.29, 0.717) is 22.6 Å². The third-order valence-electron chi connectivity index (χ3n) is 2.49. The number of carbonyl (C=O) groups is 1. The molecule has 0 spiro atoms. The molecule has 0 heterocycles. The van der Waals surface area contributed by atoms with Crippen molar-refractivity contribution in [1.82, 2.24) is 0 Å². The largest absolute Gasteiger partial charge is 0.481 e. The summed E-state index contributed by atoms with van der Waals surface area (Å²) in [4.78, 5) is 10.6. The lowest BCUT2D eigenvalue weighted by Crippen LogP contribution is -2.00. The van der Waals surface area contributed by atoms with Gasteiger partial charge in [-0.15, -0.1) is 0 Å². The SMILES string of the molecule is CC.N#Cc1cc(CC(=O)O)ccc1Oc1ccccc1. The van der Waals surface area contributed by atoms with Crippen LogP contribution in [0.2, 0.25) is 0 Å². The first-order valence-corrected chi connectivity index (χ1v) is 6.67. The van der Waals surface area contributed by atoms with Gasteiger partial charge in [-0.2, -0.15) is 5.26 Å². The summed E-state index contributed by atoms with van der Waals surface area (Å²) < 4.78 is 5.59. The first kappa shape index (κ1) is 16.3. The molecule has 0 radical (unpaired) electrons. The zero-order valence-electron chi connectivity index (χ0n) is 12.0. The molecule has 0 saturated heterocycles. The van der Waals surface area contributed by atoms with Crippen LogP contribution in [-0.4, -0.2) is 11.1 Å². The van der Waals surface area contributed by atoms with E-state index in [1.165, 1.54) is 6.07 Å². The Morgan fingerprint density at radius 3 is 2.43 bits per heavy atom. The molecule has 0 aliphatic carbocycles. The van der Waals surface area contributed by atoms with Gasteiger partial charge in [-0.25, -0.2) is 0 Å². The van der Waals surface area contributed by atoms with Gasteiger partial charge in [0.25, 0.3) is 0 Å². The van der Waals surface area contributed by atoms with Crippen molar-refractivity contribution in [3.63, 3.8) is 0 Å². The molecule has 108 valence electrons. The Kier molecular flexibility index (Phi) is 6.49. The highest BCUT2D eigenvalue weighted by Crippen LogP contribution is 2.25. The van der Waals surface area contributed by atoms with Crippen LogP contribution < -0.4 is 4.74 Å². The predicted molar refractivity (Wildman–Crippen MR) is 80.4 cm³/mol. The fourth-order valence-corrected chi connectivity index (χ4v) is 1.65. The molecule has 4 heteroatoms. The third kappa shape index (κ3) is 5.00. The van der Waals surface area contributed by atoms with Crippen molar-refractivity contribution in [1.29, 1.82) is 5.26 Å². The van der Waals surface area contributed by atoms with Gasteiger partial charge in [0, 0.05) is 0 Å². The topological polar surface area (TPSA) is 70.3 Å². The second kappa shape index (κ2) is 8.39. The highest BCUT2D eigenvalue weighted by molar-refractivity contribution is 5.70. The van der Waals surface area contributed by atoms with Crippen LogP contribution in [0.1, 0.15) is 25.0 Å². The number of benzene rings is 2. The molecule has 0 bridgehead atoms. The van der Waals surface area contributed by atoms with E-state index in [-0.39, 0.29) is 6.42 Å². The summed E-state index contributed by atoms with van der Waals surface area (Å²) in [6.45, 7) is 4.00. The molecule has 0 aliphatic rings. The Morgan fingerprint density at radius 1 is 1.19 bits per heavy atom. The maximum absolute atomic E-state index is 10.6. The normalized spacial score (nSPS) is 9.00. The number of carboxylic acid groups (broad SMARTS) is 1. The van der Waals surface area contributed by atoms with Crippen molar-refractivity contribution in [3.05, 3.63) is 59.7 Å². The maximum atomic E-state index is 10.6. The monoisotopic (exact) mass is 283 g/mol. The first-order valence-electron chi connectivity index (χ1n) is 6.67. The number of nitriles is 1. The van der Waals surface area contributed by atoms with Crippen LogP contribution in [-0.2, 0) is 11.2 Å². The quantitative estimate of drug-likeness (QED) is 0.920. The highest BCUT2D eigenvalue weighted by Gasteiger charge is 2.08. The van der Waals surface area contributed by atoms with Crippen LogP contribution in [0.5, 0.6) is 11.5 Å². The van der Waals surface area contributed by atoms with E-state index in [4.69, 9.17) is 15.1 Å². The summed E-state index contributed by atoms with van der Waals surface area (Å²) in [5.41, 5.74) is 0.895. The molecule has 0 aliphatic heterocycles. The van der Waals surface area contributed by atoms with Crippen molar-refractivity contribution in [2.75, 3.05) is 0 Å². The molecular weight excluding hydrogens is 266 g/mol. The number of hydrogen-bond acceptors (Lipinski definition) is 3. The highest BCUT2D eigenvalue weighted by atomic mass is 16.5. The summed E-state index contributed by atoms with van der Waals surface area (Å²) in [7, 11) is 0. The van der Waals surface area contributed by atoms with Crippen molar-refractivity contribution >= 4 is 5.97 Å². The van der Waals surface area contributed by atoms with E-state index in [2.05, 4.69) is 0 Å². The molecule has 0 saturated carbocycles. The fraction of sp³-hybridized carbons (Fsp3) is 0.176. The summed E-state index contributed by atoms with van der Waals surface area (Å²) >= 11 is 0. The van der Waals surface area contributed by atoms with Gasteiger partial charge in [0.2, 0.25) is 0 Å². The lowest BCUT2D eigenvalue weighted by Gasteiger charge is -2.08. The van der Waals surface area contributed by atoms with Crippen LogP contribution in [0.25, 0.3) is 0 Å². The van der Waals surface area contributed by atoms with E-state index in [9.17, 15) is 4.79 Å². The minimum atomic E-state index is -0.930. The predicted octanol–water partition coefficient (Wildman–Crippen LogP) is 4.00. The number of carboxylic acids is 1. The maximum Gasteiger partial charge on any atom is 0.307 e. The zero-order valence-corrected chi connectivity index (χ0v) is 12.0. The second-order valence-electron chi connectivity index (χ2n) is 3.93. The summed E-state index contributed by atoms with van der Waals surface area (Å²) in [6.07, 6.45) is -0.111. The zero-order chi connectivity index (χ0) is 15.7. The van der Waals surface area contributed by atoms with E-state index in [0.717, 1.165) is 0 Å². The van der Waals surface area contributed by atoms with Gasteiger partial charge < -0.3 is 9.84 Å². The molecule has 1 N–H and O–H groups in total. The number of nitrogens with zero attached hydrogens (tertiary/aromatic N) is 1. The fourth-order valence-electron chi connectivity index (χ4n) is 1.65. The van der Waals surface area contributed by atoms with Crippen LogP contribution in [0.15, 0.2) is 48.5 Å². The average molecular weight is 283 g/mol. The van der Waals surface area contributed by atoms with Crippen LogP contribution in [0.4, 0.5) is 0 Å². The number of aliphatic carboxylic acids is 1. The molecule has 2 aromatic rings. The molecule has 0 aromatic heterocycles. The van der Waals surface area contributed by atoms with Gasteiger partial charge in [0.05, 0.1) is 12.0 Å². The summed E-state index contributed by atoms with van der Waals surface area (Å²) in [5, 5.41) is 17.8. The lowest BCUT2D eigenvalue weighted by molar-refractivity contribution is -0.136. The molecular formula is C17H17NO3. The van der Waals surface area contributed by atoms with Crippen LogP contribution >= 0.6 is 0 Å². The van der Waals surface area contributed by atoms with E-state index in [1.54, 1.807) is 24.3 Å². The number of ether oxygens (including phenoxy) is 1. The van der Waals surface area contributed by atoms with Gasteiger partial charge >= 0.3 is 5.97 Å². The Bertz CT molecular complexity index is 630. The molecule has 0 unspecified atom stereocenters. The van der Waals surface area contributed by atoms with Gasteiger partial charge in [-0.3, -0.25) is 4.79 Å². The van der Waals surface area contributed by atoms with Crippen molar-refractivity contribution in [2.45, 2.75) is 20.3 Å². The second-order valence-corrected chi connectivity index (χ2v) is 3.93. The van der Waals surface area contributed by atoms with Crippen molar-refractivity contribution in [2.24, 2.45) is 0 Å². The van der Waals surface area contributed by atoms with Crippen LogP contribution in [0.3, 0.4) is 0 Å². The number of rotatable bonds is 4. The Labute approximate surface area is 124 Å². The Balaban J connectivity index is 0.00000106. The van der Waals surface area contributed by atoms with Gasteiger partial charge in [0.15, 0.2) is 0 Å².